The largest absolute Gasteiger partial charge is 0.453 e. The molecule has 2 aromatic rings. The van der Waals surface area contributed by atoms with Crippen LogP contribution in [0.25, 0.3) is 11.5 Å². The predicted octanol–water partition coefficient (Wildman–Crippen LogP) is 3.26. The molecule has 1 saturated carbocycles. The van der Waals surface area contributed by atoms with Crippen molar-refractivity contribution < 1.29 is 18.7 Å². The van der Waals surface area contributed by atoms with Crippen LogP contribution in [0.15, 0.2) is 34.9 Å². The van der Waals surface area contributed by atoms with Crippen LogP contribution < -0.4 is 10.6 Å². The van der Waals surface area contributed by atoms with Gasteiger partial charge in [0.2, 0.25) is 11.8 Å². The van der Waals surface area contributed by atoms with Gasteiger partial charge < -0.3 is 19.8 Å². The number of aryl methyl sites for hydroxylation is 1. The molecule has 0 unspecified atom stereocenters. The molecule has 25 heavy (non-hydrogen) atoms. The number of amides is 2. The Morgan fingerprint density at radius 3 is 2.68 bits per heavy atom. The van der Waals surface area contributed by atoms with Crippen molar-refractivity contribution in [1.82, 2.24) is 10.3 Å². The van der Waals surface area contributed by atoms with Gasteiger partial charge in [-0.2, -0.15) is 0 Å². The number of ether oxygens (including phenoxy) is 1. The number of rotatable bonds is 4. The van der Waals surface area contributed by atoms with Crippen LogP contribution in [0.1, 0.15) is 31.4 Å². The molecule has 7 heteroatoms. The Morgan fingerprint density at radius 2 is 2.04 bits per heavy atom. The highest BCUT2D eigenvalue weighted by atomic mass is 16.5. The molecular formula is C18H21N3O4. The summed E-state index contributed by atoms with van der Waals surface area (Å²) in [6.45, 7) is 1.82. The van der Waals surface area contributed by atoms with Crippen LogP contribution in [0.3, 0.4) is 0 Å². The van der Waals surface area contributed by atoms with Crippen molar-refractivity contribution in [3.63, 3.8) is 0 Å². The number of oxazole rings is 1. The fourth-order valence-corrected chi connectivity index (χ4v) is 3.10. The van der Waals surface area contributed by atoms with E-state index in [1.165, 1.54) is 7.11 Å². The summed E-state index contributed by atoms with van der Waals surface area (Å²) in [5, 5.41) is 5.60. The van der Waals surface area contributed by atoms with Crippen molar-refractivity contribution in [2.24, 2.45) is 0 Å². The quantitative estimate of drug-likeness (QED) is 0.889. The highest BCUT2D eigenvalue weighted by Crippen LogP contribution is 2.31. The van der Waals surface area contributed by atoms with Crippen LogP contribution in [0.5, 0.6) is 0 Å². The summed E-state index contributed by atoms with van der Waals surface area (Å²) in [6.07, 6.45) is 3.99. The molecule has 1 heterocycles. The first-order chi connectivity index (χ1) is 12.0. The monoisotopic (exact) mass is 343 g/mol. The van der Waals surface area contributed by atoms with E-state index in [1.807, 2.05) is 19.1 Å². The number of methoxy groups -OCH3 is 1. The minimum Gasteiger partial charge on any atom is -0.453 e. The van der Waals surface area contributed by atoms with Gasteiger partial charge in [-0.25, -0.2) is 9.78 Å². The van der Waals surface area contributed by atoms with Gasteiger partial charge in [0.1, 0.15) is 11.3 Å². The Morgan fingerprint density at radius 1 is 1.28 bits per heavy atom. The molecule has 0 aliphatic heterocycles. The highest BCUT2D eigenvalue weighted by molar-refractivity contribution is 6.00. The summed E-state index contributed by atoms with van der Waals surface area (Å²) < 4.78 is 10.2. The highest BCUT2D eigenvalue weighted by Gasteiger charge is 2.42. The molecule has 3 rings (SSSR count). The maximum Gasteiger partial charge on any atom is 0.407 e. The third kappa shape index (κ3) is 3.65. The maximum atomic E-state index is 12.8. The van der Waals surface area contributed by atoms with Crippen molar-refractivity contribution in [2.45, 2.75) is 38.1 Å². The van der Waals surface area contributed by atoms with E-state index < -0.39 is 11.6 Å². The normalized spacial score (nSPS) is 15.6. The second-order valence-electron chi connectivity index (χ2n) is 6.22. The van der Waals surface area contributed by atoms with Gasteiger partial charge in [0.15, 0.2) is 0 Å². The third-order valence-corrected chi connectivity index (χ3v) is 4.41. The number of aromatic nitrogens is 1. The number of alkyl carbamates (subject to hydrolysis) is 1. The fourth-order valence-electron chi connectivity index (χ4n) is 3.10. The summed E-state index contributed by atoms with van der Waals surface area (Å²) in [4.78, 5) is 28.7. The van der Waals surface area contributed by atoms with E-state index in [2.05, 4.69) is 20.4 Å². The molecule has 1 aromatic heterocycles. The summed E-state index contributed by atoms with van der Waals surface area (Å²) >= 11 is 0. The van der Waals surface area contributed by atoms with Crippen LogP contribution >= 0.6 is 0 Å². The lowest BCUT2D eigenvalue weighted by atomic mass is 9.96. The van der Waals surface area contributed by atoms with Gasteiger partial charge in [-0.1, -0.05) is 18.9 Å². The van der Waals surface area contributed by atoms with Crippen LogP contribution in [0, 0.1) is 6.92 Å². The zero-order chi connectivity index (χ0) is 17.9. The molecule has 1 aromatic carbocycles. The average molecular weight is 343 g/mol. The van der Waals surface area contributed by atoms with Gasteiger partial charge in [0.25, 0.3) is 0 Å². The van der Waals surface area contributed by atoms with E-state index in [-0.39, 0.29) is 5.91 Å². The molecule has 0 radical (unpaired) electrons. The molecule has 1 aliphatic carbocycles. The van der Waals surface area contributed by atoms with Gasteiger partial charge >= 0.3 is 6.09 Å². The lowest BCUT2D eigenvalue weighted by molar-refractivity contribution is -0.122. The Labute approximate surface area is 145 Å². The third-order valence-electron chi connectivity index (χ3n) is 4.41. The van der Waals surface area contributed by atoms with Gasteiger partial charge in [-0.05, 0) is 38.0 Å². The Bertz CT molecular complexity index is 778. The van der Waals surface area contributed by atoms with Gasteiger partial charge in [-0.15, -0.1) is 0 Å². The first-order valence-electron chi connectivity index (χ1n) is 8.23. The number of anilines is 1. The molecule has 0 bridgehead atoms. The number of hydrogen-bond donors (Lipinski definition) is 2. The molecule has 132 valence electrons. The van der Waals surface area contributed by atoms with Crippen molar-refractivity contribution in [2.75, 3.05) is 12.4 Å². The average Bonchev–Trinajstić information content (AvgIpc) is 3.25. The lowest BCUT2D eigenvalue weighted by Gasteiger charge is -2.28. The number of carbonyl (C=O) groups excluding carboxylic acids is 2. The Balaban J connectivity index is 1.79. The second-order valence-corrected chi connectivity index (χ2v) is 6.22. The molecular weight excluding hydrogens is 322 g/mol. The molecule has 2 amide bonds. The van der Waals surface area contributed by atoms with E-state index in [1.54, 1.807) is 18.3 Å². The zero-order valence-electron chi connectivity index (χ0n) is 14.3. The minimum atomic E-state index is -0.928. The molecule has 0 spiro atoms. The lowest BCUT2D eigenvalue weighted by Crippen LogP contribution is -2.55. The predicted molar refractivity (Wildman–Crippen MR) is 92.0 cm³/mol. The first kappa shape index (κ1) is 17.0. The fraction of sp³-hybridized carbons (Fsp3) is 0.389. The van der Waals surface area contributed by atoms with Crippen LogP contribution in [0.4, 0.5) is 10.5 Å². The SMILES string of the molecule is COC(=O)NC1(C(=O)Nc2cccc(-c3ncc(C)o3)c2)CCCC1. The van der Waals surface area contributed by atoms with E-state index in [0.29, 0.717) is 24.4 Å². The minimum absolute atomic E-state index is 0.240. The zero-order valence-corrected chi connectivity index (χ0v) is 14.3. The number of carbonyl (C=O) groups is 2. The van der Waals surface area contributed by atoms with Crippen LogP contribution in [-0.4, -0.2) is 29.6 Å². The molecule has 1 fully saturated rings. The van der Waals surface area contributed by atoms with Crippen LogP contribution in [0.2, 0.25) is 0 Å². The van der Waals surface area contributed by atoms with Crippen molar-refractivity contribution >= 4 is 17.7 Å². The van der Waals surface area contributed by atoms with E-state index >= 15 is 0 Å². The number of hydrogen-bond acceptors (Lipinski definition) is 5. The van der Waals surface area contributed by atoms with E-state index in [9.17, 15) is 9.59 Å². The summed E-state index contributed by atoms with van der Waals surface area (Å²) in [6, 6.07) is 7.26. The molecule has 2 N–H and O–H groups in total. The van der Waals surface area contributed by atoms with E-state index in [0.717, 1.165) is 24.2 Å². The number of benzene rings is 1. The van der Waals surface area contributed by atoms with Crippen LogP contribution in [-0.2, 0) is 9.53 Å². The van der Waals surface area contributed by atoms with E-state index in [4.69, 9.17) is 4.42 Å². The first-order valence-corrected chi connectivity index (χ1v) is 8.23. The molecule has 7 nitrogen and oxygen atoms in total. The Hall–Kier alpha value is -2.83. The summed E-state index contributed by atoms with van der Waals surface area (Å²) in [7, 11) is 1.29. The molecule has 0 saturated heterocycles. The maximum absolute atomic E-state index is 12.8. The number of nitrogens with one attached hydrogen (secondary N) is 2. The smallest absolute Gasteiger partial charge is 0.407 e. The molecule has 1 aliphatic rings. The molecule has 0 atom stereocenters. The van der Waals surface area contributed by atoms with Gasteiger partial charge in [0.05, 0.1) is 13.3 Å². The van der Waals surface area contributed by atoms with Crippen molar-refractivity contribution in [1.29, 1.82) is 0 Å². The summed E-state index contributed by atoms with van der Waals surface area (Å²) in [5.74, 6) is 0.977. The number of nitrogens with zero attached hydrogens (tertiary/aromatic N) is 1. The Kier molecular flexibility index (Phi) is 4.74. The topological polar surface area (TPSA) is 93.5 Å². The second kappa shape index (κ2) is 6.96. The van der Waals surface area contributed by atoms with Gasteiger partial charge in [-0.3, -0.25) is 4.79 Å². The van der Waals surface area contributed by atoms with Crippen molar-refractivity contribution in [3.05, 3.63) is 36.2 Å². The van der Waals surface area contributed by atoms with Gasteiger partial charge in [0, 0.05) is 11.3 Å². The summed E-state index contributed by atoms with van der Waals surface area (Å²) in [5.41, 5.74) is 0.464. The van der Waals surface area contributed by atoms with Crippen molar-refractivity contribution in [3.8, 4) is 11.5 Å². The standard InChI is InChI=1S/C18H21N3O4/c1-12-11-19-15(25-12)13-6-5-7-14(10-13)20-16(22)18(8-3-4-9-18)21-17(23)24-2/h5-7,10-11H,3-4,8-9H2,1-2H3,(H,20,22)(H,21,23).